The summed E-state index contributed by atoms with van der Waals surface area (Å²) < 4.78 is 6.15. The van der Waals surface area contributed by atoms with Gasteiger partial charge in [0.2, 0.25) is 0 Å². The number of pyridine rings is 1. The Labute approximate surface area is 316 Å². The Balaban J connectivity index is 1.28. The molecule has 0 aromatic carbocycles. The minimum absolute atomic E-state index is 0.00412. The van der Waals surface area contributed by atoms with E-state index in [0.717, 1.165) is 50.5 Å². The van der Waals surface area contributed by atoms with Crippen molar-refractivity contribution in [3.05, 3.63) is 41.2 Å². The number of likely N-dealkylation sites (N-methyl/N-ethyl adjacent to an activating group) is 1. The molecule has 53 heavy (non-hydrogen) atoms. The zero-order chi connectivity index (χ0) is 39.1. The number of ketones is 1. The van der Waals surface area contributed by atoms with Crippen LogP contribution in [0.15, 0.2) is 35.5 Å². The van der Waals surface area contributed by atoms with Crippen LogP contribution in [0.1, 0.15) is 137 Å². The fraction of sp³-hybridized carbons (Fsp3) is 0.750. The van der Waals surface area contributed by atoms with Gasteiger partial charge in [-0.25, -0.2) is 0 Å². The predicted octanol–water partition coefficient (Wildman–Crippen LogP) is 7.91. The zero-order valence-electron chi connectivity index (χ0n) is 33.9. The molecular weight excluding hydrogens is 668 g/mol. The molecule has 1 aromatic rings. The number of amides is 1. The maximum absolute atomic E-state index is 14.1. The first-order chi connectivity index (χ1) is 24.6. The second-order valence-electron chi connectivity index (χ2n) is 20.0. The van der Waals surface area contributed by atoms with Crippen LogP contribution < -0.4 is 0 Å². The zero-order valence-corrected chi connectivity index (χ0v) is 33.9. The van der Waals surface area contributed by atoms with Gasteiger partial charge >= 0.3 is 11.9 Å². The Bertz CT molecular complexity index is 1680. The summed E-state index contributed by atoms with van der Waals surface area (Å²) >= 11 is 0. The predicted molar refractivity (Wildman–Crippen MR) is 203 cm³/mol. The van der Waals surface area contributed by atoms with Crippen LogP contribution in [-0.2, 0) is 19.1 Å². The molecule has 9 atom stereocenters. The van der Waals surface area contributed by atoms with Crippen molar-refractivity contribution in [2.24, 2.45) is 56.2 Å². The molecule has 292 valence electrons. The maximum Gasteiger partial charge on any atom is 0.309 e. The van der Waals surface area contributed by atoms with E-state index in [2.05, 4.69) is 53.5 Å². The Morgan fingerprint density at radius 1 is 0.962 bits per heavy atom. The molecule has 9 heteroatoms. The van der Waals surface area contributed by atoms with Crippen LogP contribution in [0, 0.1) is 56.2 Å². The molecule has 0 saturated heterocycles. The summed E-state index contributed by atoms with van der Waals surface area (Å²) in [6.45, 7) is 19.5. The number of carbonyl (C=O) groups excluding carboxylic acids is 3. The van der Waals surface area contributed by atoms with Gasteiger partial charge in [0.1, 0.15) is 11.8 Å². The molecule has 9 nitrogen and oxygen atoms in total. The molecule has 2 N–H and O–H groups in total. The molecule has 4 saturated carbocycles. The number of hydrogen-bond donors (Lipinski definition) is 2. The van der Waals surface area contributed by atoms with Crippen LogP contribution >= 0.6 is 0 Å². The number of nitrogens with zero attached hydrogens (tertiary/aromatic N) is 2. The lowest BCUT2D eigenvalue weighted by Crippen LogP contribution is -2.66. The summed E-state index contributed by atoms with van der Waals surface area (Å²) in [7, 11) is 1.71. The third-order valence-electron chi connectivity index (χ3n) is 16.2. The van der Waals surface area contributed by atoms with E-state index >= 15 is 0 Å². The van der Waals surface area contributed by atoms with Crippen LogP contribution in [-0.4, -0.2) is 69.5 Å². The lowest BCUT2D eigenvalue weighted by Gasteiger charge is -2.72. The van der Waals surface area contributed by atoms with Gasteiger partial charge in [-0.15, -0.1) is 0 Å². The van der Waals surface area contributed by atoms with Crippen molar-refractivity contribution >= 4 is 23.6 Å². The van der Waals surface area contributed by atoms with E-state index in [1.165, 1.54) is 5.57 Å². The van der Waals surface area contributed by atoms with Gasteiger partial charge in [0.15, 0.2) is 5.78 Å². The fourth-order valence-corrected chi connectivity index (χ4v) is 13.1. The van der Waals surface area contributed by atoms with Crippen LogP contribution in [0.4, 0.5) is 0 Å². The van der Waals surface area contributed by atoms with Gasteiger partial charge in [0.05, 0.1) is 17.9 Å². The highest BCUT2D eigenvalue weighted by Gasteiger charge is 2.71. The number of carboxylic acids is 1. The highest BCUT2D eigenvalue weighted by Crippen LogP contribution is 2.77. The van der Waals surface area contributed by atoms with E-state index in [-0.39, 0.29) is 64.3 Å². The summed E-state index contributed by atoms with van der Waals surface area (Å²) in [6.07, 6.45) is 7.96. The SMILES string of the molecule is CC(C)C1=C2[C@H]3CC[C@@H]4[C@@]5(C)CC[C@H](OC(=O)CC(C)(C)C(=O)O)C(C)(C)[C@H]5CC[C@@]4(C)[C@]3(C)CC[C@@]2([C@@H](O)CN(C)C(=O)c2ccccn2)CC1=O. The number of aromatic nitrogens is 1. The summed E-state index contributed by atoms with van der Waals surface area (Å²) in [5, 5.41) is 21.9. The topological polar surface area (TPSA) is 134 Å². The van der Waals surface area contributed by atoms with Crippen LogP contribution in [0.5, 0.6) is 0 Å². The molecule has 0 unspecified atom stereocenters. The highest BCUT2D eigenvalue weighted by atomic mass is 16.5. The number of carbonyl (C=O) groups is 4. The van der Waals surface area contributed by atoms with Gasteiger partial charge in [-0.05, 0) is 123 Å². The van der Waals surface area contributed by atoms with Gasteiger partial charge in [-0.1, -0.05) is 60.1 Å². The second kappa shape index (κ2) is 13.3. The normalized spacial score (nSPS) is 36.9. The molecule has 0 bridgehead atoms. The Kier molecular flexibility index (Phi) is 9.94. The van der Waals surface area contributed by atoms with Crippen LogP contribution in [0.3, 0.4) is 0 Å². The van der Waals surface area contributed by atoms with Crippen LogP contribution in [0.25, 0.3) is 0 Å². The molecule has 1 heterocycles. The van der Waals surface area contributed by atoms with Gasteiger partial charge in [0.25, 0.3) is 5.91 Å². The highest BCUT2D eigenvalue weighted by molar-refractivity contribution is 6.01. The molecule has 5 aliphatic rings. The number of aliphatic carboxylic acids is 1. The fourth-order valence-electron chi connectivity index (χ4n) is 13.1. The number of fused-ring (bicyclic) bond motifs is 7. The third-order valence-corrected chi connectivity index (χ3v) is 16.2. The van der Waals surface area contributed by atoms with Crippen molar-refractivity contribution in [2.45, 2.75) is 139 Å². The second-order valence-corrected chi connectivity index (χ2v) is 20.0. The van der Waals surface area contributed by atoms with Crippen LogP contribution in [0.2, 0.25) is 0 Å². The average molecular weight is 733 g/mol. The van der Waals surface area contributed by atoms with Crippen molar-refractivity contribution in [1.82, 2.24) is 9.88 Å². The molecule has 1 aromatic heterocycles. The Morgan fingerprint density at radius 3 is 2.28 bits per heavy atom. The monoisotopic (exact) mass is 732 g/mol. The smallest absolute Gasteiger partial charge is 0.309 e. The largest absolute Gasteiger partial charge is 0.481 e. The first kappa shape index (κ1) is 39.6. The van der Waals surface area contributed by atoms with Crippen molar-refractivity contribution in [3.63, 3.8) is 0 Å². The molecule has 4 fully saturated rings. The first-order valence-corrected chi connectivity index (χ1v) is 20.1. The molecular formula is C44H64N2O7. The number of aliphatic hydroxyl groups is 1. The molecule has 0 radical (unpaired) electrons. The molecule has 1 amide bonds. The van der Waals surface area contributed by atoms with E-state index in [1.807, 2.05) is 0 Å². The number of allylic oxidation sites excluding steroid dienone is 1. The summed E-state index contributed by atoms with van der Waals surface area (Å²) in [5.74, 6) is -0.545. The maximum atomic E-state index is 14.1. The number of rotatable bonds is 9. The minimum atomic E-state index is -1.18. The standard InChI is InChI=1S/C44H64N2O7/c1-26(2)35-29(47)23-44(32(48)25-46(10)37(50)28-13-11-12-22-45-28)21-20-42(8)27(36(35)44)14-15-31-41(7)18-17-33(53-34(49)24-39(3,4)38(51)52)40(5,6)30(41)16-19-43(31,42)9/h11-13,22,26-27,30-33,48H,14-21,23-25H2,1-10H3,(H,51,52)/t27-,30-,31-,32+,33+,41+,42-,43-,44+/m1/s1. The van der Waals surface area contributed by atoms with Crippen molar-refractivity contribution in [1.29, 1.82) is 0 Å². The molecule has 6 rings (SSSR count). The lowest BCUT2D eigenvalue weighted by atomic mass is 9.33. The number of ether oxygens (including phenoxy) is 1. The van der Waals surface area contributed by atoms with E-state index < -0.39 is 28.9 Å². The minimum Gasteiger partial charge on any atom is -0.481 e. The third kappa shape index (κ3) is 6.01. The van der Waals surface area contributed by atoms with Gasteiger partial charge in [0, 0.05) is 37.0 Å². The van der Waals surface area contributed by atoms with Gasteiger partial charge in [-0.3, -0.25) is 24.2 Å². The summed E-state index contributed by atoms with van der Waals surface area (Å²) in [4.78, 5) is 58.1. The number of Topliss-reactive ketones (excluding diaryl/α,β-unsaturated/α-hetero) is 1. The number of aliphatic hydroxyl groups excluding tert-OH is 1. The van der Waals surface area contributed by atoms with Crippen molar-refractivity contribution in [2.75, 3.05) is 13.6 Å². The number of hydrogen-bond acceptors (Lipinski definition) is 7. The van der Waals surface area contributed by atoms with E-state index in [1.54, 1.807) is 50.2 Å². The summed E-state index contributed by atoms with van der Waals surface area (Å²) in [5.41, 5.74) is 0.227. The van der Waals surface area contributed by atoms with E-state index in [0.29, 0.717) is 30.4 Å². The lowest BCUT2D eigenvalue weighted by molar-refractivity contribution is -0.235. The van der Waals surface area contributed by atoms with Gasteiger partial charge < -0.3 is 19.8 Å². The van der Waals surface area contributed by atoms with E-state index in [4.69, 9.17) is 4.74 Å². The van der Waals surface area contributed by atoms with Crippen molar-refractivity contribution in [3.8, 4) is 0 Å². The Morgan fingerprint density at radius 2 is 1.66 bits per heavy atom. The van der Waals surface area contributed by atoms with Gasteiger partial charge in [-0.2, -0.15) is 0 Å². The molecule has 0 aliphatic heterocycles. The first-order valence-electron chi connectivity index (χ1n) is 20.1. The quantitative estimate of drug-likeness (QED) is 0.245. The number of esters is 1. The molecule has 5 aliphatic carbocycles. The van der Waals surface area contributed by atoms with Crippen molar-refractivity contribution < 1.29 is 34.1 Å². The molecule has 0 spiro atoms. The average Bonchev–Trinajstić information content (AvgIpc) is 3.39. The summed E-state index contributed by atoms with van der Waals surface area (Å²) in [6, 6.07) is 5.25. The Hall–Kier alpha value is -3.07. The number of carboxylic acid groups (broad SMARTS) is 1. The van der Waals surface area contributed by atoms with E-state index in [9.17, 15) is 29.4 Å².